The molecule has 0 aliphatic carbocycles. The molecule has 0 aliphatic heterocycles. The number of rotatable bonds is 40. The van der Waals surface area contributed by atoms with Gasteiger partial charge in [-0.2, -0.15) is 0 Å². The van der Waals surface area contributed by atoms with Crippen LogP contribution in [0.1, 0.15) is 245 Å². The number of hydrogen-bond acceptors (Lipinski definition) is 6. The highest BCUT2D eigenvalue weighted by Gasteiger charge is 2.19. The summed E-state index contributed by atoms with van der Waals surface area (Å²) in [7, 11) is 0. The fourth-order valence-electron chi connectivity index (χ4n) is 6.50. The molecule has 0 N–H and O–H groups in total. The van der Waals surface area contributed by atoms with E-state index < -0.39 is 6.10 Å². The van der Waals surface area contributed by atoms with Crippen LogP contribution >= 0.6 is 0 Å². The molecule has 0 radical (unpaired) electrons. The van der Waals surface area contributed by atoms with Crippen LogP contribution in [0.3, 0.4) is 0 Å². The summed E-state index contributed by atoms with van der Waals surface area (Å²) in [5, 5.41) is 0. The third-order valence-corrected chi connectivity index (χ3v) is 9.86. The van der Waals surface area contributed by atoms with Crippen LogP contribution in [0.15, 0.2) is 0 Å². The van der Waals surface area contributed by atoms with E-state index in [1.165, 1.54) is 148 Å². The summed E-state index contributed by atoms with van der Waals surface area (Å²) in [6.45, 7) is 6.62. The lowest BCUT2D eigenvalue weighted by atomic mass is 10.0. The molecule has 0 saturated heterocycles. The Bertz CT molecular complexity index is 738. The van der Waals surface area contributed by atoms with Crippen LogP contribution in [0.5, 0.6) is 0 Å². The molecule has 0 unspecified atom stereocenters. The van der Waals surface area contributed by atoms with E-state index in [9.17, 15) is 14.4 Å². The molecule has 0 aromatic rings. The molecule has 0 heterocycles. The van der Waals surface area contributed by atoms with E-state index in [1.807, 2.05) is 0 Å². The molecule has 6 nitrogen and oxygen atoms in total. The second-order valence-corrected chi connectivity index (χ2v) is 15.0. The van der Waals surface area contributed by atoms with Crippen LogP contribution in [0, 0.1) is 0 Å². The first-order valence-corrected chi connectivity index (χ1v) is 22.0. The molecule has 0 saturated carbocycles. The Hall–Kier alpha value is -1.59. The molecule has 0 spiro atoms. The van der Waals surface area contributed by atoms with Crippen LogP contribution in [0.4, 0.5) is 0 Å². The molecule has 1 atom stereocenters. The van der Waals surface area contributed by atoms with E-state index in [-0.39, 0.29) is 31.1 Å². The zero-order valence-electron chi connectivity index (χ0n) is 33.7. The van der Waals surface area contributed by atoms with Gasteiger partial charge in [-0.05, 0) is 19.3 Å². The number of unbranched alkanes of at least 4 members (excludes halogenated alkanes) is 29. The molecular formula is C44H84O6. The maximum Gasteiger partial charge on any atom is 0.306 e. The first kappa shape index (κ1) is 48.4. The fraction of sp³-hybridized carbons (Fsp3) is 0.932. The van der Waals surface area contributed by atoms with Gasteiger partial charge in [-0.15, -0.1) is 0 Å². The smallest absolute Gasteiger partial charge is 0.306 e. The lowest BCUT2D eigenvalue weighted by molar-refractivity contribution is -0.167. The summed E-state index contributed by atoms with van der Waals surface area (Å²) in [6.07, 6.45) is 39.4. The molecule has 0 bridgehead atoms. The van der Waals surface area contributed by atoms with Gasteiger partial charge in [0.2, 0.25) is 0 Å². The van der Waals surface area contributed by atoms with Crippen molar-refractivity contribution in [3.63, 3.8) is 0 Å². The standard InChI is InChI=1S/C44H84O6/c1-4-7-10-13-16-19-21-23-25-28-31-34-37-43(46)49-40-41(39-48-42(45)36-33-30-27-24-18-15-12-9-6-3)50-44(47)38-35-32-29-26-22-20-17-14-11-8-5-2/h41H,4-40H2,1-3H3/t41-/m1/s1. The molecule has 0 rings (SSSR count). The van der Waals surface area contributed by atoms with Gasteiger partial charge < -0.3 is 14.2 Å². The van der Waals surface area contributed by atoms with E-state index in [2.05, 4.69) is 20.8 Å². The molecular weight excluding hydrogens is 624 g/mol. The van der Waals surface area contributed by atoms with Gasteiger partial charge in [0, 0.05) is 19.3 Å². The Labute approximate surface area is 310 Å². The minimum Gasteiger partial charge on any atom is -0.462 e. The summed E-state index contributed by atoms with van der Waals surface area (Å²) in [5.74, 6) is -0.857. The minimum atomic E-state index is -0.756. The summed E-state index contributed by atoms with van der Waals surface area (Å²) >= 11 is 0. The number of esters is 3. The van der Waals surface area contributed by atoms with E-state index in [1.54, 1.807) is 0 Å². The Kier molecular flexibility index (Phi) is 38.9. The van der Waals surface area contributed by atoms with E-state index in [4.69, 9.17) is 14.2 Å². The lowest BCUT2D eigenvalue weighted by Gasteiger charge is -2.18. The highest BCUT2D eigenvalue weighted by atomic mass is 16.6. The number of carbonyl (C=O) groups is 3. The predicted octanol–water partition coefficient (Wildman–Crippen LogP) is 13.7. The summed E-state index contributed by atoms with van der Waals surface area (Å²) in [6, 6.07) is 0. The minimum absolute atomic E-state index is 0.0631. The van der Waals surface area contributed by atoms with Gasteiger partial charge in [-0.1, -0.05) is 207 Å². The molecule has 0 aromatic carbocycles. The molecule has 0 aliphatic rings. The molecule has 0 amide bonds. The Morgan fingerprint density at radius 3 is 0.800 bits per heavy atom. The Morgan fingerprint density at radius 2 is 0.540 bits per heavy atom. The van der Waals surface area contributed by atoms with Crippen molar-refractivity contribution in [1.82, 2.24) is 0 Å². The highest BCUT2D eigenvalue weighted by molar-refractivity contribution is 5.71. The van der Waals surface area contributed by atoms with E-state index in [0.717, 1.165) is 57.8 Å². The SMILES string of the molecule is CCCCCCCCCCCCCCC(=O)OC[C@@H](COC(=O)CCCCCCCCCCC)OC(=O)CCCCCCCCCCCCC. The van der Waals surface area contributed by atoms with Crippen LogP contribution in [0.25, 0.3) is 0 Å². The van der Waals surface area contributed by atoms with Crippen molar-refractivity contribution in [3.8, 4) is 0 Å². The molecule has 0 fully saturated rings. The van der Waals surface area contributed by atoms with Crippen molar-refractivity contribution in [3.05, 3.63) is 0 Å². The molecule has 296 valence electrons. The topological polar surface area (TPSA) is 78.9 Å². The van der Waals surface area contributed by atoms with Crippen LogP contribution in [0.2, 0.25) is 0 Å². The second-order valence-electron chi connectivity index (χ2n) is 15.0. The average molecular weight is 709 g/mol. The molecule has 50 heavy (non-hydrogen) atoms. The predicted molar refractivity (Wildman–Crippen MR) is 210 cm³/mol. The zero-order chi connectivity index (χ0) is 36.6. The maximum atomic E-state index is 12.7. The fourth-order valence-corrected chi connectivity index (χ4v) is 6.50. The van der Waals surface area contributed by atoms with Crippen molar-refractivity contribution in [2.45, 2.75) is 252 Å². The van der Waals surface area contributed by atoms with E-state index in [0.29, 0.717) is 19.3 Å². The normalized spacial score (nSPS) is 11.8. The zero-order valence-corrected chi connectivity index (χ0v) is 33.7. The van der Waals surface area contributed by atoms with Gasteiger partial charge in [0.15, 0.2) is 6.10 Å². The van der Waals surface area contributed by atoms with Crippen molar-refractivity contribution >= 4 is 17.9 Å². The monoisotopic (exact) mass is 709 g/mol. The van der Waals surface area contributed by atoms with Gasteiger partial charge in [0.1, 0.15) is 13.2 Å². The van der Waals surface area contributed by atoms with Crippen LogP contribution in [-0.4, -0.2) is 37.2 Å². The number of hydrogen-bond donors (Lipinski definition) is 0. The number of ether oxygens (including phenoxy) is 3. The van der Waals surface area contributed by atoms with Crippen molar-refractivity contribution < 1.29 is 28.6 Å². The van der Waals surface area contributed by atoms with Gasteiger partial charge in [-0.25, -0.2) is 0 Å². The Morgan fingerprint density at radius 1 is 0.320 bits per heavy atom. The average Bonchev–Trinajstić information content (AvgIpc) is 3.11. The van der Waals surface area contributed by atoms with E-state index >= 15 is 0 Å². The second kappa shape index (κ2) is 40.2. The summed E-state index contributed by atoms with van der Waals surface area (Å²) in [5.41, 5.74) is 0. The quantitative estimate of drug-likeness (QED) is 0.0358. The first-order valence-electron chi connectivity index (χ1n) is 22.0. The maximum absolute atomic E-state index is 12.7. The summed E-state index contributed by atoms with van der Waals surface area (Å²) < 4.78 is 16.7. The van der Waals surface area contributed by atoms with Gasteiger partial charge in [-0.3, -0.25) is 14.4 Å². The lowest BCUT2D eigenvalue weighted by Crippen LogP contribution is -2.30. The van der Waals surface area contributed by atoms with Crippen molar-refractivity contribution in [1.29, 1.82) is 0 Å². The van der Waals surface area contributed by atoms with Gasteiger partial charge in [0.05, 0.1) is 0 Å². The molecule has 0 aromatic heterocycles. The third-order valence-electron chi connectivity index (χ3n) is 9.86. The largest absolute Gasteiger partial charge is 0.462 e. The first-order chi connectivity index (χ1) is 24.5. The number of carbonyl (C=O) groups excluding carboxylic acids is 3. The third kappa shape index (κ3) is 37.7. The Balaban J connectivity index is 4.32. The summed E-state index contributed by atoms with van der Waals surface area (Å²) in [4.78, 5) is 37.6. The van der Waals surface area contributed by atoms with Crippen LogP contribution < -0.4 is 0 Å². The van der Waals surface area contributed by atoms with Gasteiger partial charge >= 0.3 is 17.9 Å². The van der Waals surface area contributed by atoms with Gasteiger partial charge in [0.25, 0.3) is 0 Å². The highest BCUT2D eigenvalue weighted by Crippen LogP contribution is 2.15. The van der Waals surface area contributed by atoms with Crippen molar-refractivity contribution in [2.24, 2.45) is 0 Å². The molecule has 6 heteroatoms. The van der Waals surface area contributed by atoms with Crippen molar-refractivity contribution in [2.75, 3.05) is 13.2 Å². The van der Waals surface area contributed by atoms with Crippen LogP contribution in [-0.2, 0) is 28.6 Å².